The van der Waals surface area contributed by atoms with Crippen molar-refractivity contribution in [2.45, 2.75) is 33.5 Å². The number of methoxy groups -OCH3 is 1. The van der Waals surface area contributed by atoms with E-state index in [0.717, 1.165) is 41.6 Å². The minimum absolute atomic E-state index is 0.582. The number of guanidine groups is 1. The zero-order valence-electron chi connectivity index (χ0n) is 17.7. The van der Waals surface area contributed by atoms with E-state index in [-0.39, 0.29) is 0 Å². The van der Waals surface area contributed by atoms with Crippen molar-refractivity contribution in [1.82, 2.24) is 10.6 Å². The third-order valence-corrected chi connectivity index (χ3v) is 4.19. The molecule has 0 aromatic heterocycles. The highest BCUT2D eigenvalue weighted by Gasteiger charge is 2.01. The van der Waals surface area contributed by atoms with Crippen molar-refractivity contribution in [2.24, 2.45) is 4.99 Å². The lowest BCUT2D eigenvalue weighted by molar-refractivity contribution is 0.0453. The largest absolute Gasteiger partial charge is 0.497 e. The van der Waals surface area contributed by atoms with Gasteiger partial charge in [0.05, 0.1) is 33.5 Å². The highest BCUT2D eigenvalue weighted by molar-refractivity contribution is 5.79. The molecule has 6 heteroatoms. The summed E-state index contributed by atoms with van der Waals surface area (Å²) in [5.74, 6) is 1.64. The van der Waals surface area contributed by atoms with E-state index in [2.05, 4.69) is 41.8 Å². The molecule has 0 atom stereocenters. The maximum atomic E-state index is 5.65. The molecule has 2 N–H and O–H groups in total. The van der Waals surface area contributed by atoms with Gasteiger partial charge >= 0.3 is 0 Å². The van der Waals surface area contributed by atoms with Gasteiger partial charge in [0.2, 0.25) is 0 Å². The Morgan fingerprint density at radius 3 is 2.45 bits per heavy atom. The van der Waals surface area contributed by atoms with Crippen LogP contribution >= 0.6 is 0 Å². The molecule has 0 aliphatic carbocycles. The number of nitrogens with zero attached hydrogens (tertiary/aromatic N) is 1. The Labute approximate surface area is 174 Å². The van der Waals surface area contributed by atoms with Crippen LogP contribution in [0.25, 0.3) is 0 Å². The van der Waals surface area contributed by atoms with E-state index in [0.29, 0.717) is 32.9 Å². The summed E-state index contributed by atoms with van der Waals surface area (Å²) in [4.78, 5) is 4.71. The first-order valence-electron chi connectivity index (χ1n) is 10.1. The van der Waals surface area contributed by atoms with Crippen molar-refractivity contribution >= 4 is 5.96 Å². The van der Waals surface area contributed by atoms with E-state index in [4.69, 9.17) is 19.2 Å². The van der Waals surface area contributed by atoms with Crippen molar-refractivity contribution in [2.75, 3.05) is 33.5 Å². The van der Waals surface area contributed by atoms with Crippen LogP contribution in [-0.2, 0) is 29.2 Å². The smallest absolute Gasteiger partial charge is 0.191 e. The van der Waals surface area contributed by atoms with E-state index in [1.54, 1.807) is 7.11 Å². The van der Waals surface area contributed by atoms with Gasteiger partial charge in [-0.3, -0.25) is 0 Å². The molecular formula is C23H33N3O3. The molecule has 2 aromatic carbocycles. The molecule has 0 aliphatic rings. The number of aliphatic imine (C=N–C) groups is 1. The standard InChI is InChI=1S/C23H33N3O3/c1-4-24-23(26-17-20-9-7-11-22(15-20)27-3)25-16-19-8-6-10-21(14-19)18-29-13-12-28-5-2/h6-11,14-15H,4-5,12-13,16-18H2,1-3H3,(H2,24,25,26). The van der Waals surface area contributed by atoms with Gasteiger partial charge in [0, 0.05) is 19.7 Å². The molecule has 0 radical (unpaired) electrons. The summed E-state index contributed by atoms with van der Waals surface area (Å²) >= 11 is 0. The molecule has 0 spiro atoms. The molecular weight excluding hydrogens is 366 g/mol. The van der Waals surface area contributed by atoms with Gasteiger partial charge in [-0.15, -0.1) is 0 Å². The summed E-state index contributed by atoms with van der Waals surface area (Å²) in [6.45, 7) is 8.66. The number of hydrogen-bond donors (Lipinski definition) is 2. The number of hydrogen-bond acceptors (Lipinski definition) is 4. The highest BCUT2D eigenvalue weighted by atomic mass is 16.5. The predicted molar refractivity (Wildman–Crippen MR) is 117 cm³/mol. The van der Waals surface area contributed by atoms with Crippen LogP contribution in [-0.4, -0.2) is 39.4 Å². The number of nitrogens with one attached hydrogen (secondary N) is 2. The van der Waals surface area contributed by atoms with E-state index in [9.17, 15) is 0 Å². The van der Waals surface area contributed by atoms with Crippen LogP contribution in [0, 0.1) is 0 Å². The van der Waals surface area contributed by atoms with Crippen molar-refractivity contribution in [3.63, 3.8) is 0 Å². The molecule has 0 heterocycles. The molecule has 2 aromatic rings. The van der Waals surface area contributed by atoms with Crippen LogP contribution in [0.5, 0.6) is 5.75 Å². The monoisotopic (exact) mass is 399 g/mol. The Balaban J connectivity index is 1.89. The summed E-state index contributed by atoms with van der Waals surface area (Å²) in [5.41, 5.74) is 3.43. The van der Waals surface area contributed by atoms with Gasteiger partial charge in [-0.25, -0.2) is 4.99 Å². The lowest BCUT2D eigenvalue weighted by atomic mass is 10.1. The first kappa shape index (κ1) is 22.7. The predicted octanol–water partition coefficient (Wildman–Crippen LogP) is 3.50. The Morgan fingerprint density at radius 1 is 0.897 bits per heavy atom. The molecule has 0 bridgehead atoms. The molecule has 29 heavy (non-hydrogen) atoms. The van der Waals surface area contributed by atoms with Gasteiger partial charge in [-0.2, -0.15) is 0 Å². The summed E-state index contributed by atoms with van der Waals surface area (Å²) in [6.07, 6.45) is 0. The molecule has 0 saturated carbocycles. The van der Waals surface area contributed by atoms with Crippen molar-refractivity contribution < 1.29 is 14.2 Å². The lowest BCUT2D eigenvalue weighted by Gasteiger charge is -2.12. The second kappa shape index (κ2) is 13.6. The van der Waals surface area contributed by atoms with Crippen LogP contribution in [0.15, 0.2) is 53.5 Å². The molecule has 0 saturated heterocycles. The first-order valence-corrected chi connectivity index (χ1v) is 10.1. The second-order valence-corrected chi connectivity index (χ2v) is 6.47. The van der Waals surface area contributed by atoms with Gasteiger partial charge in [0.15, 0.2) is 5.96 Å². The van der Waals surface area contributed by atoms with Crippen LogP contribution in [0.4, 0.5) is 0 Å². The van der Waals surface area contributed by atoms with Crippen LogP contribution in [0.1, 0.15) is 30.5 Å². The molecule has 0 unspecified atom stereocenters. The van der Waals surface area contributed by atoms with Gasteiger partial charge < -0.3 is 24.8 Å². The third-order valence-electron chi connectivity index (χ3n) is 4.19. The fourth-order valence-electron chi connectivity index (χ4n) is 2.75. The molecule has 0 fully saturated rings. The molecule has 0 aliphatic heterocycles. The Morgan fingerprint density at radius 2 is 1.66 bits per heavy atom. The van der Waals surface area contributed by atoms with Gasteiger partial charge in [-0.05, 0) is 42.7 Å². The lowest BCUT2D eigenvalue weighted by Crippen LogP contribution is -2.36. The summed E-state index contributed by atoms with van der Waals surface area (Å²) in [5, 5.41) is 6.66. The summed E-state index contributed by atoms with van der Waals surface area (Å²) < 4.78 is 16.2. The fraction of sp³-hybridized carbons (Fsp3) is 0.435. The van der Waals surface area contributed by atoms with Crippen molar-refractivity contribution in [1.29, 1.82) is 0 Å². The van der Waals surface area contributed by atoms with Gasteiger partial charge in [0.1, 0.15) is 5.75 Å². The normalized spacial score (nSPS) is 11.3. The zero-order chi connectivity index (χ0) is 20.7. The number of rotatable bonds is 12. The molecule has 6 nitrogen and oxygen atoms in total. The average molecular weight is 400 g/mol. The van der Waals surface area contributed by atoms with Crippen molar-refractivity contribution in [3.05, 3.63) is 65.2 Å². The maximum Gasteiger partial charge on any atom is 0.191 e. The quantitative estimate of drug-likeness (QED) is 0.325. The Kier molecular flexibility index (Phi) is 10.6. The molecule has 0 amide bonds. The topological polar surface area (TPSA) is 64.1 Å². The van der Waals surface area contributed by atoms with Crippen LogP contribution < -0.4 is 15.4 Å². The molecule has 158 valence electrons. The van der Waals surface area contributed by atoms with E-state index in [1.165, 1.54) is 0 Å². The second-order valence-electron chi connectivity index (χ2n) is 6.47. The highest BCUT2D eigenvalue weighted by Crippen LogP contribution is 2.12. The van der Waals surface area contributed by atoms with Gasteiger partial charge in [0.25, 0.3) is 0 Å². The number of benzene rings is 2. The minimum Gasteiger partial charge on any atom is -0.497 e. The zero-order valence-corrected chi connectivity index (χ0v) is 17.7. The third kappa shape index (κ3) is 8.98. The van der Waals surface area contributed by atoms with E-state index in [1.807, 2.05) is 31.2 Å². The van der Waals surface area contributed by atoms with Crippen LogP contribution in [0.2, 0.25) is 0 Å². The van der Waals surface area contributed by atoms with Crippen LogP contribution in [0.3, 0.4) is 0 Å². The average Bonchev–Trinajstić information content (AvgIpc) is 2.76. The fourth-order valence-corrected chi connectivity index (χ4v) is 2.75. The van der Waals surface area contributed by atoms with Crippen molar-refractivity contribution in [3.8, 4) is 5.75 Å². The minimum atomic E-state index is 0.582. The van der Waals surface area contributed by atoms with E-state index >= 15 is 0 Å². The maximum absolute atomic E-state index is 5.65. The summed E-state index contributed by atoms with van der Waals surface area (Å²) in [6, 6.07) is 16.3. The SMILES string of the molecule is CCNC(=NCc1cccc(COCCOCC)c1)NCc1cccc(OC)c1. The molecule has 2 rings (SSSR count). The van der Waals surface area contributed by atoms with Gasteiger partial charge in [-0.1, -0.05) is 36.4 Å². The number of ether oxygens (including phenoxy) is 3. The van der Waals surface area contributed by atoms with E-state index < -0.39 is 0 Å². The Hall–Kier alpha value is -2.57. The summed E-state index contributed by atoms with van der Waals surface area (Å²) in [7, 11) is 1.68. The Bertz CT molecular complexity index is 750. The first-order chi connectivity index (χ1) is 14.2.